The van der Waals surface area contributed by atoms with Crippen molar-refractivity contribution in [3.63, 3.8) is 0 Å². The minimum absolute atomic E-state index is 0.194. The monoisotopic (exact) mass is 406 g/mol. The van der Waals surface area contributed by atoms with Crippen molar-refractivity contribution in [1.29, 1.82) is 0 Å². The molecule has 2 aliphatic rings. The molecule has 2 aromatic rings. The largest absolute Gasteiger partial charge is 0.347 e. The van der Waals surface area contributed by atoms with Gasteiger partial charge < -0.3 is 5.32 Å². The molecule has 0 bridgehead atoms. The molecule has 1 aliphatic heterocycles. The van der Waals surface area contributed by atoms with Gasteiger partial charge in [0.1, 0.15) is 18.0 Å². The zero-order chi connectivity index (χ0) is 20.3. The normalized spacial score (nSPS) is 23.1. The number of aryl methyl sites for hydroxylation is 1. The van der Waals surface area contributed by atoms with E-state index in [9.17, 15) is 13.2 Å². The van der Waals surface area contributed by atoms with Gasteiger partial charge in [-0.15, -0.1) is 0 Å². The van der Waals surface area contributed by atoms with Crippen LogP contribution in [0.2, 0.25) is 0 Å². The Labute approximate surface area is 165 Å². The van der Waals surface area contributed by atoms with E-state index in [0.29, 0.717) is 30.0 Å². The molecule has 2 aromatic heterocycles. The number of H-pyrrole nitrogens is 1. The number of aromatic amines is 1. The zero-order valence-electron chi connectivity index (χ0n) is 16.8. The van der Waals surface area contributed by atoms with Gasteiger partial charge in [0.05, 0.1) is 19.0 Å². The van der Waals surface area contributed by atoms with Crippen molar-refractivity contribution in [3.8, 4) is 0 Å². The lowest BCUT2D eigenvalue weighted by molar-refractivity contribution is -0.647. The molecule has 2 fully saturated rings. The lowest BCUT2D eigenvalue weighted by Gasteiger charge is -2.43. The maximum absolute atomic E-state index is 13.1. The number of nitrogens with one attached hydrogen (secondary N) is 2. The van der Waals surface area contributed by atoms with E-state index >= 15 is 0 Å². The molecule has 3 heterocycles. The van der Waals surface area contributed by atoms with E-state index in [1.165, 1.54) is 10.6 Å². The summed E-state index contributed by atoms with van der Waals surface area (Å²) in [6.07, 6.45) is 7.90. The standard InChI is InChI=1S/C19H27N5O3S/c1-19(2)7-8-24(28(4,26)27)11-15(19)22-18(25)13-9-20-17-16(13)21-14(10-23(17)3)12-5-6-12/h9-10,12,15H,5-8,11H2,1-4H3,(H,22,25)/p+1. The summed E-state index contributed by atoms with van der Waals surface area (Å²) in [5, 5.41) is 3.08. The van der Waals surface area contributed by atoms with Crippen LogP contribution in [-0.4, -0.2) is 54.0 Å². The number of amides is 1. The molecule has 8 nitrogen and oxygen atoms in total. The van der Waals surface area contributed by atoms with E-state index in [-0.39, 0.29) is 23.9 Å². The number of rotatable bonds is 4. The van der Waals surface area contributed by atoms with Crippen molar-refractivity contribution in [2.75, 3.05) is 19.3 Å². The highest BCUT2D eigenvalue weighted by atomic mass is 32.2. The Hall–Kier alpha value is -2.00. The highest BCUT2D eigenvalue weighted by Crippen LogP contribution is 2.39. The average Bonchev–Trinajstić information content (AvgIpc) is 3.35. The van der Waals surface area contributed by atoms with E-state index < -0.39 is 10.0 Å². The van der Waals surface area contributed by atoms with Crippen molar-refractivity contribution < 1.29 is 17.8 Å². The van der Waals surface area contributed by atoms with Gasteiger partial charge in [0.15, 0.2) is 5.52 Å². The SMILES string of the molecule is C[n+]1cc(C2CC2)nc2c(C(=O)NC3CN(S(C)(=O)=O)CCC3(C)C)c[nH]c21. The van der Waals surface area contributed by atoms with Gasteiger partial charge in [-0.05, 0) is 24.7 Å². The van der Waals surface area contributed by atoms with Gasteiger partial charge in [-0.25, -0.2) is 27.3 Å². The molecule has 0 radical (unpaired) electrons. The quantitative estimate of drug-likeness (QED) is 0.742. The predicted octanol–water partition coefficient (Wildman–Crippen LogP) is 1.05. The van der Waals surface area contributed by atoms with Crippen molar-refractivity contribution in [1.82, 2.24) is 19.6 Å². The molecule has 4 rings (SSSR count). The number of carbonyl (C=O) groups is 1. The summed E-state index contributed by atoms with van der Waals surface area (Å²) >= 11 is 0. The molecule has 1 unspecified atom stereocenters. The highest BCUT2D eigenvalue weighted by Gasteiger charge is 2.40. The number of carbonyl (C=O) groups excluding carboxylic acids is 1. The Bertz CT molecular complexity index is 1040. The Morgan fingerprint density at radius 1 is 1.39 bits per heavy atom. The van der Waals surface area contributed by atoms with Crippen LogP contribution < -0.4 is 9.88 Å². The number of fused-ring (bicyclic) bond motifs is 1. The molecule has 0 aromatic carbocycles. The van der Waals surface area contributed by atoms with Gasteiger partial charge in [0.25, 0.3) is 5.91 Å². The lowest BCUT2D eigenvalue weighted by atomic mass is 9.78. The fraction of sp³-hybridized carbons (Fsp3) is 0.632. The number of aromatic nitrogens is 3. The number of hydrogen-bond donors (Lipinski definition) is 2. The second kappa shape index (κ2) is 6.52. The third kappa shape index (κ3) is 3.53. The van der Waals surface area contributed by atoms with E-state index in [1.807, 2.05) is 17.8 Å². The minimum atomic E-state index is -3.29. The van der Waals surface area contributed by atoms with E-state index in [2.05, 4.69) is 24.1 Å². The third-order valence-electron chi connectivity index (χ3n) is 6.10. The molecule has 1 aliphatic carbocycles. The molecule has 1 saturated carbocycles. The number of sulfonamides is 1. The third-order valence-corrected chi connectivity index (χ3v) is 7.37. The molecule has 0 spiro atoms. The van der Waals surface area contributed by atoms with Crippen molar-refractivity contribution in [3.05, 3.63) is 23.7 Å². The Balaban J connectivity index is 1.62. The Kier molecular flexibility index (Phi) is 4.50. The van der Waals surface area contributed by atoms with Crippen LogP contribution in [-0.2, 0) is 17.1 Å². The summed E-state index contributed by atoms with van der Waals surface area (Å²) in [4.78, 5) is 21.0. The maximum atomic E-state index is 13.1. The fourth-order valence-corrected chi connectivity index (χ4v) is 4.71. The summed E-state index contributed by atoms with van der Waals surface area (Å²) in [6, 6.07) is -0.270. The lowest BCUT2D eigenvalue weighted by Crippen LogP contribution is -2.57. The molecule has 152 valence electrons. The first kappa shape index (κ1) is 19.3. The van der Waals surface area contributed by atoms with Crippen molar-refractivity contribution in [2.24, 2.45) is 12.5 Å². The molecule has 9 heteroatoms. The fourth-order valence-electron chi connectivity index (χ4n) is 3.86. The molecular formula is C19H28N5O3S+. The number of nitrogens with zero attached hydrogens (tertiary/aromatic N) is 3. The summed E-state index contributed by atoms with van der Waals surface area (Å²) in [5.74, 6) is 0.266. The smallest absolute Gasteiger partial charge is 0.306 e. The van der Waals surface area contributed by atoms with Crippen LogP contribution in [0.3, 0.4) is 0 Å². The first-order valence-electron chi connectivity index (χ1n) is 9.70. The first-order valence-corrected chi connectivity index (χ1v) is 11.5. The second-order valence-electron chi connectivity index (χ2n) is 8.84. The van der Waals surface area contributed by atoms with Crippen LogP contribution in [0.1, 0.15) is 55.1 Å². The van der Waals surface area contributed by atoms with Gasteiger partial charge in [-0.1, -0.05) is 13.8 Å². The molecule has 1 saturated heterocycles. The predicted molar refractivity (Wildman–Crippen MR) is 105 cm³/mol. The topological polar surface area (TPSA) is 99.0 Å². The summed E-state index contributed by atoms with van der Waals surface area (Å²) < 4.78 is 27.4. The van der Waals surface area contributed by atoms with Gasteiger partial charge in [-0.2, -0.15) is 0 Å². The maximum Gasteiger partial charge on any atom is 0.306 e. The molecule has 1 amide bonds. The van der Waals surface area contributed by atoms with Gasteiger partial charge in [0.2, 0.25) is 10.0 Å². The summed E-state index contributed by atoms with van der Waals surface area (Å²) in [5.41, 5.74) is 2.79. The van der Waals surface area contributed by atoms with Crippen LogP contribution >= 0.6 is 0 Å². The minimum Gasteiger partial charge on any atom is -0.347 e. The highest BCUT2D eigenvalue weighted by molar-refractivity contribution is 7.88. The Morgan fingerprint density at radius 3 is 2.75 bits per heavy atom. The first-order chi connectivity index (χ1) is 13.1. The number of piperidine rings is 1. The Morgan fingerprint density at radius 2 is 2.11 bits per heavy atom. The molecule has 2 N–H and O–H groups in total. The van der Waals surface area contributed by atoms with Crippen LogP contribution in [0.5, 0.6) is 0 Å². The van der Waals surface area contributed by atoms with E-state index in [4.69, 9.17) is 4.98 Å². The second-order valence-corrected chi connectivity index (χ2v) is 10.8. The zero-order valence-corrected chi connectivity index (χ0v) is 17.6. The van der Waals surface area contributed by atoms with Crippen molar-refractivity contribution >= 4 is 27.1 Å². The van der Waals surface area contributed by atoms with Crippen LogP contribution in [0.25, 0.3) is 11.2 Å². The van der Waals surface area contributed by atoms with Crippen molar-refractivity contribution in [2.45, 2.75) is 45.1 Å². The summed E-state index contributed by atoms with van der Waals surface area (Å²) in [6.45, 7) is 4.90. The van der Waals surface area contributed by atoms with E-state index in [0.717, 1.165) is 24.2 Å². The molecule has 28 heavy (non-hydrogen) atoms. The number of hydrogen-bond acceptors (Lipinski definition) is 4. The van der Waals surface area contributed by atoms with Crippen LogP contribution in [0.15, 0.2) is 12.4 Å². The molecule has 1 atom stereocenters. The average molecular weight is 407 g/mol. The summed E-state index contributed by atoms with van der Waals surface area (Å²) in [7, 11) is -1.34. The van der Waals surface area contributed by atoms with Crippen LogP contribution in [0, 0.1) is 5.41 Å². The molecular weight excluding hydrogens is 378 g/mol. The van der Waals surface area contributed by atoms with E-state index in [1.54, 1.807) is 6.20 Å². The van der Waals surface area contributed by atoms with Crippen LogP contribution in [0.4, 0.5) is 0 Å². The van der Waals surface area contributed by atoms with Gasteiger partial charge in [0, 0.05) is 25.0 Å². The van der Waals surface area contributed by atoms with Gasteiger partial charge in [-0.3, -0.25) is 4.79 Å². The van der Waals surface area contributed by atoms with Gasteiger partial charge >= 0.3 is 5.65 Å².